The third-order valence-electron chi connectivity index (χ3n) is 2.89. The summed E-state index contributed by atoms with van der Waals surface area (Å²) in [5, 5.41) is 6.37. The van der Waals surface area contributed by atoms with Crippen LogP contribution in [-0.2, 0) is 6.54 Å². The van der Waals surface area contributed by atoms with Crippen molar-refractivity contribution in [1.82, 2.24) is 19.4 Å². The monoisotopic (exact) mass is 274 g/mol. The van der Waals surface area contributed by atoms with Crippen LogP contribution in [0.1, 0.15) is 10.6 Å². The summed E-state index contributed by atoms with van der Waals surface area (Å²) in [6.45, 7) is 2.72. The highest BCUT2D eigenvalue weighted by Gasteiger charge is 2.08. The normalized spacial score (nSPS) is 10.8. The van der Waals surface area contributed by atoms with Gasteiger partial charge in [-0.05, 0) is 6.92 Å². The van der Waals surface area contributed by atoms with Crippen LogP contribution in [0.15, 0.2) is 24.1 Å². The number of aromatic nitrogens is 4. The van der Waals surface area contributed by atoms with Gasteiger partial charge in [0, 0.05) is 24.3 Å². The van der Waals surface area contributed by atoms with E-state index in [4.69, 9.17) is 0 Å². The van der Waals surface area contributed by atoms with Crippen LogP contribution < -0.4 is 10.6 Å². The maximum absolute atomic E-state index is 4.50. The quantitative estimate of drug-likeness (QED) is 0.763. The lowest BCUT2D eigenvalue weighted by molar-refractivity contribution is 1.06. The van der Waals surface area contributed by atoms with E-state index in [0.717, 1.165) is 23.0 Å². The molecular weight excluding hydrogens is 260 g/mol. The number of fused-ring (bicyclic) bond motifs is 1. The number of thiazole rings is 1. The second-order valence-corrected chi connectivity index (χ2v) is 5.04. The third kappa shape index (κ3) is 2.24. The average Bonchev–Trinajstić information content (AvgIpc) is 3.04. The smallest absolute Gasteiger partial charge is 0.180 e. The summed E-state index contributed by atoms with van der Waals surface area (Å²) in [6.07, 6.45) is 5.58. The van der Waals surface area contributed by atoms with Gasteiger partial charge in [-0.3, -0.25) is 0 Å². The Bertz CT molecular complexity index is 701. The molecule has 0 spiro atoms. The first-order valence-electron chi connectivity index (χ1n) is 5.92. The number of nitrogens with one attached hydrogen (secondary N) is 2. The fraction of sp³-hybridized carbons (Fsp3) is 0.250. The molecule has 0 saturated carbocycles. The van der Waals surface area contributed by atoms with Crippen LogP contribution in [0.2, 0.25) is 0 Å². The van der Waals surface area contributed by atoms with Gasteiger partial charge in [0.25, 0.3) is 0 Å². The minimum absolute atomic E-state index is 0.708. The number of hydrogen-bond acceptors (Lipinski definition) is 6. The van der Waals surface area contributed by atoms with Crippen molar-refractivity contribution in [1.29, 1.82) is 0 Å². The molecule has 3 heterocycles. The van der Waals surface area contributed by atoms with Gasteiger partial charge in [-0.1, -0.05) is 0 Å². The largest absolute Gasteiger partial charge is 0.372 e. The van der Waals surface area contributed by atoms with E-state index >= 15 is 0 Å². The molecule has 0 unspecified atom stereocenters. The van der Waals surface area contributed by atoms with Crippen LogP contribution in [0, 0.1) is 6.92 Å². The summed E-state index contributed by atoms with van der Waals surface area (Å²) in [5.74, 6) is 1.57. The molecule has 0 radical (unpaired) electrons. The SMILES string of the molecule is CNc1cn2ccnc2c(NCc2scnc2C)n1. The van der Waals surface area contributed by atoms with Crippen LogP contribution >= 0.6 is 11.3 Å². The first kappa shape index (κ1) is 11.9. The molecule has 2 N–H and O–H groups in total. The predicted octanol–water partition coefficient (Wildman–Crippen LogP) is 2.15. The Kier molecular flexibility index (Phi) is 3.04. The van der Waals surface area contributed by atoms with Crippen LogP contribution in [0.4, 0.5) is 11.6 Å². The molecule has 0 bridgehead atoms. The Morgan fingerprint density at radius 3 is 3.00 bits per heavy atom. The maximum Gasteiger partial charge on any atom is 0.180 e. The molecule has 0 atom stereocenters. The summed E-state index contributed by atoms with van der Waals surface area (Å²) in [5.41, 5.74) is 3.73. The second kappa shape index (κ2) is 4.85. The molecule has 6 nitrogen and oxygen atoms in total. The Labute approximate surface area is 114 Å². The van der Waals surface area contributed by atoms with E-state index in [2.05, 4.69) is 25.6 Å². The highest BCUT2D eigenvalue weighted by Crippen LogP contribution is 2.19. The van der Waals surface area contributed by atoms with Crippen molar-refractivity contribution in [2.24, 2.45) is 0 Å². The molecule has 3 aromatic heterocycles. The first-order valence-corrected chi connectivity index (χ1v) is 6.80. The number of imidazole rings is 1. The lowest BCUT2D eigenvalue weighted by Gasteiger charge is -2.08. The minimum atomic E-state index is 0.708. The van der Waals surface area contributed by atoms with Crippen LogP contribution in [-0.4, -0.2) is 26.4 Å². The Balaban J connectivity index is 1.91. The van der Waals surface area contributed by atoms with E-state index in [1.807, 2.05) is 36.3 Å². The van der Waals surface area contributed by atoms with Crippen LogP contribution in [0.25, 0.3) is 5.65 Å². The molecule has 19 heavy (non-hydrogen) atoms. The number of anilines is 2. The number of hydrogen-bond donors (Lipinski definition) is 2. The van der Waals surface area contributed by atoms with Gasteiger partial charge >= 0.3 is 0 Å². The van der Waals surface area contributed by atoms with Gasteiger partial charge in [-0.2, -0.15) is 0 Å². The second-order valence-electron chi connectivity index (χ2n) is 4.10. The van der Waals surface area contributed by atoms with Gasteiger partial charge in [-0.15, -0.1) is 11.3 Å². The van der Waals surface area contributed by atoms with Crippen molar-refractivity contribution in [2.75, 3.05) is 17.7 Å². The van der Waals surface area contributed by atoms with Gasteiger partial charge in [0.15, 0.2) is 11.5 Å². The summed E-state index contributed by atoms with van der Waals surface area (Å²) in [4.78, 5) is 14.3. The van der Waals surface area contributed by atoms with E-state index in [-0.39, 0.29) is 0 Å². The number of aryl methyl sites for hydroxylation is 1. The summed E-state index contributed by atoms with van der Waals surface area (Å²) < 4.78 is 1.95. The van der Waals surface area contributed by atoms with E-state index in [9.17, 15) is 0 Å². The van der Waals surface area contributed by atoms with Gasteiger partial charge in [-0.25, -0.2) is 15.0 Å². The standard InChI is InChI=1S/C12H14N6S/c1-8-9(19-7-16-8)5-15-11-12-14-3-4-18(12)6-10(13-2)17-11/h3-4,6-7,13H,5H2,1-2H3,(H,15,17). The first-order chi connectivity index (χ1) is 9.28. The lowest BCUT2D eigenvalue weighted by Crippen LogP contribution is -2.06. The Morgan fingerprint density at radius 2 is 2.26 bits per heavy atom. The molecule has 7 heteroatoms. The van der Waals surface area contributed by atoms with Gasteiger partial charge < -0.3 is 15.0 Å². The van der Waals surface area contributed by atoms with E-state index < -0.39 is 0 Å². The molecule has 3 rings (SSSR count). The van der Waals surface area contributed by atoms with Gasteiger partial charge in [0.05, 0.1) is 23.9 Å². The minimum Gasteiger partial charge on any atom is -0.372 e. The van der Waals surface area contributed by atoms with Crippen molar-refractivity contribution < 1.29 is 0 Å². The number of rotatable bonds is 4. The van der Waals surface area contributed by atoms with E-state index in [1.54, 1.807) is 17.5 Å². The molecule has 0 fully saturated rings. The Hall–Kier alpha value is -2.15. The van der Waals surface area contributed by atoms with Gasteiger partial charge in [0.2, 0.25) is 0 Å². The molecular formula is C12H14N6S. The van der Waals surface area contributed by atoms with Crippen molar-refractivity contribution in [3.8, 4) is 0 Å². The number of nitrogens with zero attached hydrogens (tertiary/aromatic N) is 4. The van der Waals surface area contributed by atoms with Crippen molar-refractivity contribution in [3.63, 3.8) is 0 Å². The lowest BCUT2D eigenvalue weighted by atomic mass is 10.4. The molecule has 0 amide bonds. The zero-order valence-corrected chi connectivity index (χ0v) is 11.5. The molecule has 0 saturated heterocycles. The summed E-state index contributed by atoms with van der Waals surface area (Å²) in [7, 11) is 1.85. The fourth-order valence-corrected chi connectivity index (χ4v) is 2.55. The zero-order chi connectivity index (χ0) is 13.2. The summed E-state index contributed by atoms with van der Waals surface area (Å²) in [6, 6.07) is 0. The third-order valence-corrected chi connectivity index (χ3v) is 3.83. The highest BCUT2D eigenvalue weighted by atomic mass is 32.1. The van der Waals surface area contributed by atoms with E-state index in [1.165, 1.54) is 4.88 Å². The van der Waals surface area contributed by atoms with E-state index in [0.29, 0.717) is 6.54 Å². The van der Waals surface area contributed by atoms with Crippen LogP contribution in [0.5, 0.6) is 0 Å². The molecule has 0 aliphatic rings. The topological polar surface area (TPSA) is 67.1 Å². The average molecular weight is 274 g/mol. The molecule has 0 aromatic carbocycles. The Morgan fingerprint density at radius 1 is 1.37 bits per heavy atom. The molecule has 0 aliphatic heterocycles. The molecule has 3 aromatic rings. The van der Waals surface area contributed by atoms with Gasteiger partial charge in [0.1, 0.15) is 5.82 Å². The maximum atomic E-state index is 4.50. The highest BCUT2D eigenvalue weighted by molar-refractivity contribution is 7.09. The summed E-state index contributed by atoms with van der Waals surface area (Å²) >= 11 is 1.64. The molecule has 98 valence electrons. The molecule has 0 aliphatic carbocycles. The van der Waals surface area contributed by atoms with Crippen molar-refractivity contribution in [3.05, 3.63) is 34.7 Å². The van der Waals surface area contributed by atoms with Crippen LogP contribution in [0.3, 0.4) is 0 Å². The zero-order valence-electron chi connectivity index (χ0n) is 10.7. The van der Waals surface area contributed by atoms with Crippen molar-refractivity contribution >= 4 is 28.6 Å². The van der Waals surface area contributed by atoms with Crippen molar-refractivity contribution in [2.45, 2.75) is 13.5 Å². The fourth-order valence-electron chi connectivity index (χ4n) is 1.83. The predicted molar refractivity (Wildman–Crippen MR) is 76.7 cm³/mol.